The smallest absolute Gasteiger partial charge is 0.252 e. The van der Waals surface area contributed by atoms with Gasteiger partial charge in [-0.25, -0.2) is 0 Å². The van der Waals surface area contributed by atoms with Crippen LogP contribution in [0, 0.1) is 0 Å². The van der Waals surface area contributed by atoms with Gasteiger partial charge in [0.1, 0.15) is 0 Å². The van der Waals surface area contributed by atoms with E-state index in [-0.39, 0.29) is 5.24 Å². The molecule has 0 radical (unpaired) electrons. The Bertz CT molecular complexity index is 328. The predicted octanol–water partition coefficient (Wildman–Crippen LogP) is 2.61. The highest BCUT2D eigenvalue weighted by atomic mass is 35.5. The van der Waals surface area contributed by atoms with E-state index in [1.165, 1.54) is 5.19 Å². The average molecular weight is 213 g/mol. The summed E-state index contributed by atoms with van der Waals surface area (Å²) in [6.07, 6.45) is 0. The number of carbonyl (C=O) groups excluding carboxylic acids is 1. The van der Waals surface area contributed by atoms with Gasteiger partial charge < -0.3 is 0 Å². The highest BCUT2D eigenvalue weighted by molar-refractivity contribution is 6.88. The summed E-state index contributed by atoms with van der Waals surface area (Å²) < 4.78 is 0. The zero-order valence-corrected chi connectivity index (χ0v) is 9.85. The van der Waals surface area contributed by atoms with Crippen molar-refractivity contribution in [3.8, 4) is 0 Å². The topological polar surface area (TPSA) is 17.1 Å². The third-order valence-corrected chi connectivity index (χ3v) is 4.22. The lowest BCUT2D eigenvalue weighted by atomic mass is 10.2. The molecule has 0 fully saturated rings. The zero-order valence-electron chi connectivity index (χ0n) is 8.10. The molecule has 0 aliphatic carbocycles. The van der Waals surface area contributed by atoms with Gasteiger partial charge in [0.25, 0.3) is 5.24 Å². The van der Waals surface area contributed by atoms with Gasteiger partial charge in [-0.2, -0.15) is 0 Å². The van der Waals surface area contributed by atoms with Crippen molar-refractivity contribution in [2.45, 2.75) is 19.6 Å². The lowest BCUT2D eigenvalue weighted by Gasteiger charge is -2.16. The molecule has 1 aromatic rings. The molecule has 70 valence electrons. The first-order valence-electron chi connectivity index (χ1n) is 4.21. The molecule has 1 nitrogen and oxygen atoms in total. The van der Waals surface area contributed by atoms with E-state index < -0.39 is 8.07 Å². The Kier molecular flexibility index (Phi) is 2.93. The molecule has 0 bridgehead atoms. The van der Waals surface area contributed by atoms with Crippen molar-refractivity contribution >= 4 is 30.1 Å². The van der Waals surface area contributed by atoms with Gasteiger partial charge in [-0.05, 0) is 11.6 Å². The fourth-order valence-electron chi connectivity index (χ4n) is 1.11. The molecule has 0 amide bonds. The van der Waals surface area contributed by atoms with E-state index in [2.05, 4.69) is 25.7 Å². The summed E-state index contributed by atoms with van der Waals surface area (Å²) in [4.78, 5) is 10.9. The molecule has 13 heavy (non-hydrogen) atoms. The summed E-state index contributed by atoms with van der Waals surface area (Å²) in [5.74, 6) is 0. The molecule has 0 aromatic heterocycles. The maximum Gasteiger partial charge on any atom is 0.252 e. The average Bonchev–Trinajstić information content (AvgIpc) is 2.03. The van der Waals surface area contributed by atoms with Crippen LogP contribution in [0.5, 0.6) is 0 Å². The lowest BCUT2D eigenvalue weighted by molar-refractivity contribution is 0.108. The fraction of sp³-hybridized carbons (Fsp3) is 0.300. The van der Waals surface area contributed by atoms with Gasteiger partial charge in [0, 0.05) is 5.56 Å². The Morgan fingerprint density at radius 3 is 2.38 bits per heavy atom. The number of carbonyl (C=O) groups is 1. The van der Waals surface area contributed by atoms with E-state index in [4.69, 9.17) is 11.6 Å². The maximum absolute atomic E-state index is 10.9. The number of rotatable bonds is 2. The Hall–Kier alpha value is -0.603. The van der Waals surface area contributed by atoms with Gasteiger partial charge in [0.2, 0.25) is 0 Å². The number of hydrogen-bond acceptors (Lipinski definition) is 1. The summed E-state index contributed by atoms with van der Waals surface area (Å²) >= 11 is 5.40. The Morgan fingerprint density at radius 2 is 1.92 bits per heavy atom. The monoisotopic (exact) mass is 212 g/mol. The lowest BCUT2D eigenvalue weighted by Crippen LogP contribution is -2.37. The Labute approximate surface area is 84.7 Å². The van der Waals surface area contributed by atoms with Crippen LogP contribution in [0.2, 0.25) is 19.6 Å². The fourth-order valence-corrected chi connectivity index (χ4v) is 2.41. The predicted molar refractivity (Wildman–Crippen MR) is 59.6 cm³/mol. The van der Waals surface area contributed by atoms with Crippen LogP contribution in [0.15, 0.2) is 24.3 Å². The van der Waals surface area contributed by atoms with Crippen LogP contribution in [0.4, 0.5) is 0 Å². The highest BCUT2D eigenvalue weighted by Crippen LogP contribution is 2.06. The van der Waals surface area contributed by atoms with Crippen molar-refractivity contribution in [3.05, 3.63) is 29.8 Å². The SMILES string of the molecule is C[Si](C)(C)c1cccc(C(=O)Cl)c1. The van der Waals surface area contributed by atoms with Crippen LogP contribution in [0.25, 0.3) is 0 Å². The van der Waals surface area contributed by atoms with Crippen molar-refractivity contribution in [3.63, 3.8) is 0 Å². The van der Waals surface area contributed by atoms with Crippen molar-refractivity contribution in [1.82, 2.24) is 0 Å². The Morgan fingerprint density at radius 1 is 1.31 bits per heavy atom. The normalized spacial score (nSPS) is 11.4. The minimum Gasteiger partial charge on any atom is -0.276 e. The van der Waals surface area contributed by atoms with Gasteiger partial charge in [-0.1, -0.05) is 49.1 Å². The first kappa shape index (κ1) is 10.5. The molecule has 0 saturated heterocycles. The van der Waals surface area contributed by atoms with E-state index in [9.17, 15) is 4.79 Å². The molecule has 0 atom stereocenters. The number of halogens is 1. The van der Waals surface area contributed by atoms with E-state index in [1.807, 2.05) is 12.1 Å². The third kappa shape index (κ3) is 2.67. The van der Waals surface area contributed by atoms with E-state index in [1.54, 1.807) is 6.07 Å². The third-order valence-electron chi connectivity index (χ3n) is 1.96. The van der Waals surface area contributed by atoms with Crippen molar-refractivity contribution in [1.29, 1.82) is 0 Å². The largest absolute Gasteiger partial charge is 0.276 e. The second kappa shape index (κ2) is 3.64. The minimum absolute atomic E-state index is 0.375. The van der Waals surface area contributed by atoms with Crippen molar-refractivity contribution in [2.75, 3.05) is 0 Å². The molecule has 0 aliphatic rings. The molecule has 3 heteroatoms. The van der Waals surface area contributed by atoms with Gasteiger partial charge in [0.05, 0.1) is 8.07 Å². The summed E-state index contributed by atoms with van der Waals surface area (Å²) in [6, 6.07) is 7.61. The van der Waals surface area contributed by atoms with Gasteiger partial charge in [-0.15, -0.1) is 0 Å². The number of hydrogen-bond donors (Lipinski definition) is 0. The standard InChI is InChI=1S/C10H13ClOSi/c1-13(2,3)9-6-4-5-8(7-9)10(11)12/h4-7H,1-3H3. The van der Waals surface area contributed by atoms with E-state index in [0.717, 1.165) is 0 Å². The number of benzene rings is 1. The molecule has 1 aromatic carbocycles. The second-order valence-electron chi connectivity index (χ2n) is 4.10. The Balaban J connectivity index is 3.13. The zero-order chi connectivity index (χ0) is 10.1. The quantitative estimate of drug-likeness (QED) is 0.544. The molecule has 0 saturated carbocycles. The molecule has 0 unspecified atom stereocenters. The highest BCUT2D eigenvalue weighted by Gasteiger charge is 2.16. The van der Waals surface area contributed by atoms with Gasteiger partial charge in [-0.3, -0.25) is 4.79 Å². The van der Waals surface area contributed by atoms with E-state index in [0.29, 0.717) is 5.56 Å². The summed E-state index contributed by atoms with van der Waals surface area (Å²) in [5, 5.41) is 0.888. The molecule has 0 spiro atoms. The maximum atomic E-state index is 10.9. The minimum atomic E-state index is -1.32. The first-order valence-corrected chi connectivity index (χ1v) is 8.09. The molecule has 1 rings (SSSR count). The summed E-state index contributed by atoms with van der Waals surface area (Å²) in [7, 11) is -1.32. The van der Waals surface area contributed by atoms with Crippen LogP contribution in [-0.2, 0) is 0 Å². The molecular weight excluding hydrogens is 200 g/mol. The van der Waals surface area contributed by atoms with Crippen LogP contribution in [-0.4, -0.2) is 13.3 Å². The van der Waals surface area contributed by atoms with Crippen LogP contribution >= 0.6 is 11.6 Å². The molecule has 0 aliphatic heterocycles. The van der Waals surface area contributed by atoms with Crippen molar-refractivity contribution in [2.24, 2.45) is 0 Å². The summed E-state index contributed by atoms with van der Waals surface area (Å²) in [6.45, 7) is 6.72. The molecule has 0 heterocycles. The summed E-state index contributed by atoms with van der Waals surface area (Å²) in [5.41, 5.74) is 0.599. The van der Waals surface area contributed by atoms with E-state index >= 15 is 0 Å². The van der Waals surface area contributed by atoms with Crippen LogP contribution in [0.3, 0.4) is 0 Å². The van der Waals surface area contributed by atoms with Crippen LogP contribution < -0.4 is 5.19 Å². The van der Waals surface area contributed by atoms with Gasteiger partial charge >= 0.3 is 0 Å². The first-order chi connectivity index (χ1) is 5.91. The molecule has 0 N–H and O–H groups in total. The van der Waals surface area contributed by atoms with Crippen LogP contribution in [0.1, 0.15) is 10.4 Å². The van der Waals surface area contributed by atoms with Crippen molar-refractivity contribution < 1.29 is 4.79 Å². The molecular formula is C10H13ClOSi. The van der Waals surface area contributed by atoms with Gasteiger partial charge in [0.15, 0.2) is 0 Å². The second-order valence-corrected chi connectivity index (χ2v) is 9.53.